The molecule has 1 aromatic carbocycles. The van der Waals surface area contributed by atoms with Crippen LogP contribution in [-0.4, -0.2) is 38.1 Å². The fraction of sp³-hybridized carbons (Fsp3) is 0.462. The van der Waals surface area contributed by atoms with Crippen LogP contribution in [0.2, 0.25) is 0 Å². The number of tetrazole rings is 1. The van der Waals surface area contributed by atoms with Crippen LogP contribution in [0.5, 0.6) is 5.75 Å². The Balaban J connectivity index is 2.62. The molecule has 0 saturated heterocycles. The van der Waals surface area contributed by atoms with Gasteiger partial charge in [-0.2, -0.15) is 9.36 Å². The molecule has 21 heavy (non-hydrogen) atoms. The third-order valence-corrected chi connectivity index (χ3v) is 3.00. The third-order valence-electron chi connectivity index (χ3n) is 3.00. The van der Waals surface area contributed by atoms with Crippen molar-refractivity contribution in [3.05, 3.63) is 34.0 Å². The Kier molecular flexibility index (Phi) is 4.37. The monoisotopic (exact) mass is 296 g/mol. The van der Waals surface area contributed by atoms with E-state index < -0.39 is 11.5 Å². The van der Waals surface area contributed by atoms with Gasteiger partial charge < -0.3 is 9.84 Å². The van der Waals surface area contributed by atoms with Crippen LogP contribution in [0.25, 0.3) is 5.69 Å². The Morgan fingerprint density at radius 2 is 2.10 bits per heavy atom. The van der Waals surface area contributed by atoms with E-state index in [1.165, 1.54) is 19.2 Å². The predicted octanol–water partition coefficient (Wildman–Crippen LogP) is 0.600. The lowest BCUT2D eigenvalue weighted by Gasteiger charge is -2.14. The summed E-state index contributed by atoms with van der Waals surface area (Å²) in [6, 6.07) is 2.71. The Morgan fingerprint density at radius 1 is 1.38 bits per heavy atom. The highest BCUT2D eigenvalue weighted by atomic mass is 19.1. The van der Waals surface area contributed by atoms with Gasteiger partial charge in [0.15, 0.2) is 0 Å². The SMILES string of the molecule is CC(C)c1cc(-n2nnn(C)c2=O)c(OCCO)cc1F. The Labute approximate surface area is 120 Å². The van der Waals surface area contributed by atoms with Crippen LogP contribution < -0.4 is 10.4 Å². The average molecular weight is 296 g/mol. The highest BCUT2D eigenvalue weighted by molar-refractivity contribution is 5.49. The first kappa shape index (κ1) is 15.2. The molecule has 2 aromatic rings. The standard InChI is InChI=1S/C13H17FN4O3/c1-8(2)9-6-11(18-13(20)17(3)15-16-18)12(7-10(9)14)21-5-4-19/h6-8,19H,4-5H2,1-3H3. The lowest BCUT2D eigenvalue weighted by molar-refractivity contribution is 0.200. The summed E-state index contributed by atoms with van der Waals surface area (Å²) in [5, 5.41) is 16.2. The molecular weight excluding hydrogens is 279 g/mol. The number of hydrogen-bond donors (Lipinski definition) is 1. The number of aryl methyl sites for hydroxylation is 1. The van der Waals surface area contributed by atoms with E-state index in [0.29, 0.717) is 11.3 Å². The van der Waals surface area contributed by atoms with E-state index in [4.69, 9.17) is 9.84 Å². The van der Waals surface area contributed by atoms with Crippen molar-refractivity contribution in [3.8, 4) is 11.4 Å². The fourth-order valence-corrected chi connectivity index (χ4v) is 1.90. The number of ether oxygens (including phenoxy) is 1. The van der Waals surface area contributed by atoms with E-state index in [-0.39, 0.29) is 24.9 Å². The van der Waals surface area contributed by atoms with Gasteiger partial charge in [-0.25, -0.2) is 9.18 Å². The topological polar surface area (TPSA) is 82.2 Å². The minimum atomic E-state index is -0.467. The molecule has 0 unspecified atom stereocenters. The molecule has 0 spiro atoms. The quantitative estimate of drug-likeness (QED) is 0.873. The summed E-state index contributed by atoms with van der Waals surface area (Å²) >= 11 is 0. The maximum absolute atomic E-state index is 14.1. The molecule has 114 valence electrons. The van der Waals surface area contributed by atoms with Crippen molar-refractivity contribution < 1.29 is 14.2 Å². The van der Waals surface area contributed by atoms with E-state index in [1.807, 2.05) is 13.8 Å². The molecule has 1 heterocycles. The van der Waals surface area contributed by atoms with E-state index in [0.717, 1.165) is 9.36 Å². The molecule has 8 heteroatoms. The first-order valence-electron chi connectivity index (χ1n) is 6.52. The number of benzene rings is 1. The van der Waals surface area contributed by atoms with Crippen molar-refractivity contribution >= 4 is 0 Å². The maximum atomic E-state index is 14.1. The predicted molar refractivity (Wildman–Crippen MR) is 73.2 cm³/mol. The normalized spacial score (nSPS) is 11.1. The lowest BCUT2D eigenvalue weighted by Crippen LogP contribution is -2.23. The van der Waals surface area contributed by atoms with Gasteiger partial charge in [-0.15, -0.1) is 0 Å². The van der Waals surface area contributed by atoms with E-state index in [1.54, 1.807) is 0 Å². The van der Waals surface area contributed by atoms with E-state index in [9.17, 15) is 9.18 Å². The molecule has 0 saturated carbocycles. The molecule has 0 aliphatic carbocycles. The van der Waals surface area contributed by atoms with Gasteiger partial charge in [0.05, 0.1) is 6.61 Å². The van der Waals surface area contributed by atoms with Crippen molar-refractivity contribution in [2.24, 2.45) is 7.05 Å². The summed E-state index contributed by atoms with van der Waals surface area (Å²) < 4.78 is 21.5. The van der Waals surface area contributed by atoms with Gasteiger partial charge >= 0.3 is 5.69 Å². The lowest BCUT2D eigenvalue weighted by atomic mass is 10.0. The van der Waals surface area contributed by atoms with Gasteiger partial charge in [-0.1, -0.05) is 13.8 Å². The van der Waals surface area contributed by atoms with Crippen LogP contribution >= 0.6 is 0 Å². The molecule has 0 radical (unpaired) electrons. The second-order valence-electron chi connectivity index (χ2n) is 4.87. The molecule has 1 N–H and O–H groups in total. The Bertz CT molecular complexity index is 693. The summed E-state index contributed by atoms with van der Waals surface area (Å²) in [6.45, 7) is 3.45. The number of hydrogen-bond acceptors (Lipinski definition) is 5. The number of aliphatic hydroxyl groups excluding tert-OH is 1. The highest BCUT2D eigenvalue weighted by Crippen LogP contribution is 2.29. The molecule has 0 aliphatic heterocycles. The smallest absolute Gasteiger partial charge is 0.368 e. The van der Waals surface area contributed by atoms with Crippen molar-refractivity contribution in [3.63, 3.8) is 0 Å². The zero-order valence-corrected chi connectivity index (χ0v) is 12.1. The molecule has 0 fully saturated rings. The van der Waals surface area contributed by atoms with Crippen molar-refractivity contribution in [2.75, 3.05) is 13.2 Å². The molecule has 7 nitrogen and oxygen atoms in total. The third kappa shape index (κ3) is 2.94. The first-order valence-corrected chi connectivity index (χ1v) is 6.52. The Morgan fingerprint density at radius 3 is 2.62 bits per heavy atom. The van der Waals surface area contributed by atoms with Crippen LogP contribution in [0.15, 0.2) is 16.9 Å². The number of rotatable bonds is 5. The summed E-state index contributed by atoms with van der Waals surface area (Å²) in [7, 11) is 1.47. The highest BCUT2D eigenvalue weighted by Gasteiger charge is 2.18. The number of aliphatic hydroxyl groups is 1. The molecule has 2 rings (SSSR count). The molecule has 0 amide bonds. The summed E-state index contributed by atoms with van der Waals surface area (Å²) in [4.78, 5) is 12.0. The fourth-order valence-electron chi connectivity index (χ4n) is 1.90. The molecule has 0 atom stereocenters. The van der Waals surface area contributed by atoms with E-state index >= 15 is 0 Å². The van der Waals surface area contributed by atoms with Crippen LogP contribution in [-0.2, 0) is 7.05 Å². The summed E-state index contributed by atoms with van der Waals surface area (Å²) in [5.41, 5.74) is 0.274. The minimum Gasteiger partial charge on any atom is -0.489 e. The van der Waals surface area contributed by atoms with Crippen LogP contribution in [0.3, 0.4) is 0 Å². The number of nitrogens with zero attached hydrogens (tertiary/aromatic N) is 4. The zero-order chi connectivity index (χ0) is 15.6. The second kappa shape index (κ2) is 6.04. The molecular formula is C13H17FN4O3. The molecule has 0 bridgehead atoms. The Hall–Kier alpha value is -2.22. The van der Waals surface area contributed by atoms with Crippen molar-refractivity contribution in [1.82, 2.24) is 19.8 Å². The number of halogens is 1. The van der Waals surface area contributed by atoms with Gasteiger partial charge in [0.25, 0.3) is 0 Å². The molecule has 1 aromatic heterocycles. The molecule has 0 aliphatic rings. The van der Waals surface area contributed by atoms with Gasteiger partial charge in [-0.3, -0.25) is 0 Å². The van der Waals surface area contributed by atoms with Crippen molar-refractivity contribution in [2.45, 2.75) is 19.8 Å². The van der Waals surface area contributed by atoms with Crippen LogP contribution in [0, 0.1) is 5.82 Å². The van der Waals surface area contributed by atoms with Gasteiger partial charge in [0, 0.05) is 13.1 Å². The minimum absolute atomic E-state index is 0.0114. The summed E-state index contributed by atoms with van der Waals surface area (Å²) in [5.74, 6) is -0.366. The largest absolute Gasteiger partial charge is 0.489 e. The van der Waals surface area contributed by atoms with Gasteiger partial charge in [-0.05, 0) is 28.0 Å². The maximum Gasteiger partial charge on any atom is 0.368 e. The average Bonchev–Trinajstić information content (AvgIpc) is 2.76. The van der Waals surface area contributed by atoms with Crippen LogP contribution in [0.1, 0.15) is 25.3 Å². The van der Waals surface area contributed by atoms with Crippen molar-refractivity contribution in [1.29, 1.82) is 0 Å². The second-order valence-corrected chi connectivity index (χ2v) is 4.87. The van der Waals surface area contributed by atoms with Crippen LogP contribution in [0.4, 0.5) is 4.39 Å². The van der Waals surface area contributed by atoms with E-state index in [2.05, 4.69) is 10.4 Å². The first-order chi connectivity index (χ1) is 9.95. The zero-order valence-electron chi connectivity index (χ0n) is 12.1. The van der Waals surface area contributed by atoms with Gasteiger partial charge in [0.1, 0.15) is 23.9 Å². The number of aromatic nitrogens is 4. The van der Waals surface area contributed by atoms with Gasteiger partial charge in [0.2, 0.25) is 0 Å². The summed E-state index contributed by atoms with van der Waals surface area (Å²) in [6.07, 6.45) is 0.